The molecular formula is C22H21ClFN5O4. The molecule has 1 unspecified atom stereocenters. The number of hydrogen-bond donors (Lipinski definition) is 2. The molecule has 0 saturated heterocycles. The van der Waals surface area contributed by atoms with Crippen molar-refractivity contribution in [3.05, 3.63) is 75.8 Å². The summed E-state index contributed by atoms with van der Waals surface area (Å²) in [6.45, 7) is 1.47. The highest BCUT2D eigenvalue weighted by Gasteiger charge is 2.27. The van der Waals surface area contributed by atoms with Gasteiger partial charge in [0.25, 0.3) is 11.5 Å². The van der Waals surface area contributed by atoms with E-state index in [1.807, 2.05) is 0 Å². The number of fused-ring (bicyclic) bond motifs is 2. The topological polar surface area (TPSA) is 107 Å². The zero-order chi connectivity index (χ0) is 22.1. The van der Waals surface area contributed by atoms with Crippen LogP contribution in [-0.4, -0.2) is 40.3 Å². The number of hydrogen-bond acceptors (Lipinski definition) is 7. The first-order valence-electron chi connectivity index (χ1n) is 10.2. The monoisotopic (exact) mass is 473 g/mol. The molecule has 2 aromatic heterocycles. The van der Waals surface area contributed by atoms with Gasteiger partial charge in [-0.1, -0.05) is 0 Å². The average molecular weight is 474 g/mol. The molecule has 2 N–H and O–H groups in total. The number of rotatable bonds is 3. The van der Waals surface area contributed by atoms with Gasteiger partial charge in [-0.2, -0.15) is 0 Å². The maximum atomic E-state index is 14.1. The van der Waals surface area contributed by atoms with Gasteiger partial charge >= 0.3 is 0 Å². The van der Waals surface area contributed by atoms with Crippen molar-refractivity contribution in [3.63, 3.8) is 0 Å². The molecule has 1 atom stereocenters. The van der Waals surface area contributed by atoms with Crippen LogP contribution in [0.4, 0.5) is 4.39 Å². The van der Waals surface area contributed by atoms with E-state index in [9.17, 15) is 14.0 Å². The summed E-state index contributed by atoms with van der Waals surface area (Å²) in [6.07, 6.45) is 3.25. The highest BCUT2D eigenvalue weighted by molar-refractivity contribution is 5.97. The lowest BCUT2D eigenvalue weighted by Crippen LogP contribution is -2.37. The zero-order valence-electron chi connectivity index (χ0n) is 17.4. The molecule has 2 aliphatic heterocycles. The van der Waals surface area contributed by atoms with Crippen LogP contribution in [0, 0.1) is 5.82 Å². The van der Waals surface area contributed by atoms with Gasteiger partial charge in [0, 0.05) is 49.2 Å². The van der Waals surface area contributed by atoms with Gasteiger partial charge in [0.05, 0.1) is 23.9 Å². The predicted molar refractivity (Wildman–Crippen MR) is 119 cm³/mol. The lowest BCUT2D eigenvalue weighted by atomic mass is 10.1. The highest BCUT2D eigenvalue weighted by atomic mass is 35.5. The number of carbonyl (C=O) groups excluding carboxylic acids is 1. The Morgan fingerprint density at radius 3 is 2.88 bits per heavy atom. The number of benzene rings is 1. The number of halogens is 2. The van der Waals surface area contributed by atoms with Gasteiger partial charge in [-0.3, -0.25) is 19.1 Å². The molecular weight excluding hydrogens is 453 g/mol. The molecule has 0 aliphatic carbocycles. The van der Waals surface area contributed by atoms with Crippen molar-refractivity contribution in [1.29, 1.82) is 0 Å². The van der Waals surface area contributed by atoms with Crippen LogP contribution in [0.2, 0.25) is 0 Å². The van der Waals surface area contributed by atoms with E-state index in [4.69, 9.17) is 14.5 Å². The van der Waals surface area contributed by atoms with Gasteiger partial charge < -0.3 is 20.1 Å². The lowest BCUT2D eigenvalue weighted by molar-refractivity contribution is -0.0170. The molecule has 33 heavy (non-hydrogen) atoms. The van der Waals surface area contributed by atoms with Crippen LogP contribution in [0.5, 0.6) is 5.75 Å². The normalized spacial score (nSPS) is 16.9. The third kappa shape index (κ3) is 4.58. The minimum absolute atomic E-state index is 0. The predicted octanol–water partition coefficient (Wildman–Crippen LogP) is 1.81. The van der Waals surface area contributed by atoms with Crippen LogP contribution >= 0.6 is 12.4 Å². The molecule has 0 fully saturated rings. The third-order valence-electron chi connectivity index (χ3n) is 5.41. The van der Waals surface area contributed by atoms with E-state index in [0.29, 0.717) is 42.5 Å². The Morgan fingerprint density at radius 1 is 1.24 bits per heavy atom. The Morgan fingerprint density at radius 2 is 2.06 bits per heavy atom. The second-order valence-corrected chi connectivity index (χ2v) is 7.51. The standard InChI is InChI=1S/C22H20FN5O4.ClH/c23-15-7-14-11-31-12-32-20(14)16(8-15)22(30)27-18-10-25-5-6-28-19(29)9-17(26-21(18)28)13-1-3-24-4-2-13;/h1-4,7-9,18,25H,5-6,10-12H2,(H,27,30);1H. The number of aromatic nitrogens is 3. The first-order chi connectivity index (χ1) is 15.6. The van der Waals surface area contributed by atoms with Crippen LogP contribution in [0.15, 0.2) is 47.5 Å². The summed E-state index contributed by atoms with van der Waals surface area (Å²) < 4.78 is 26.3. The van der Waals surface area contributed by atoms with E-state index in [0.717, 1.165) is 11.6 Å². The van der Waals surface area contributed by atoms with Gasteiger partial charge in [0.2, 0.25) is 0 Å². The van der Waals surface area contributed by atoms with Gasteiger partial charge in [0.1, 0.15) is 17.4 Å². The van der Waals surface area contributed by atoms with Gasteiger partial charge in [-0.15, -0.1) is 12.4 Å². The summed E-state index contributed by atoms with van der Waals surface area (Å²) in [5.41, 5.74) is 1.57. The lowest BCUT2D eigenvalue weighted by Gasteiger charge is -2.23. The molecule has 4 heterocycles. The Kier molecular flexibility index (Phi) is 6.68. The molecule has 11 heteroatoms. The first-order valence-corrected chi connectivity index (χ1v) is 10.2. The van der Waals surface area contributed by atoms with E-state index in [1.54, 1.807) is 29.1 Å². The SMILES string of the molecule is Cl.O=C(NC1CNCCn2c1nc(-c1ccncc1)cc2=O)c1cc(F)cc2c1OCOC2. The van der Waals surface area contributed by atoms with Crippen LogP contribution in [-0.2, 0) is 17.9 Å². The molecule has 1 aromatic carbocycles. The Hall–Kier alpha value is -3.34. The van der Waals surface area contributed by atoms with Gasteiger partial charge in [0.15, 0.2) is 6.79 Å². The number of pyridine rings is 1. The maximum absolute atomic E-state index is 14.1. The van der Waals surface area contributed by atoms with Crippen LogP contribution in [0.3, 0.4) is 0 Å². The maximum Gasteiger partial charge on any atom is 0.255 e. The summed E-state index contributed by atoms with van der Waals surface area (Å²) in [5, 5.41) is 6.10. The number of ether oxygens (including phenoxy) is 2. The Bertz CT molecular complexity index is 1240. The highest BCUT2D eigenvalue weighted by Crippen LogP contribution is 2.30. The van der Waals surface area contributed by atoms with Crippen LogP contribution < -0.4 is 20.9 Å². The van der Waals surface area contributed by atoms with Crippen molar-refractivity contribution in [2.24, 2.45) is 0 Å². The molecule has 5 rings (SSSR count). The first kappa shape index (κ1) is 22.8. The van der Waals surface area contributed by atoms with Crippen molar-refractivity contribution >= 4 is 18.3 Å². The number of amides is 1. The van der Waals surface area contributed by atoms with Crippen molar-refractivity contribution in [2.75, 3.05) is 19.9 Å². The van der Waals surface area contributed by atoms with Crippen molar-refractivity contribution in [3.8, 4) is 17.0 Å². The molecule has 0 radical (unpaired) electrons. The molecule has 9 nitrogen and oxygen atoms in total. The Balaban J connectivity index is 0.00000259. The average Bonchev–Trinajstić information content (AvgIpc) is 3.01. The summed E-state index contributed by atoms with van der Waals surface area (Å²) in [5.74, 6) is -0.354. The molecule has 172 valence electrons. The van der Waals surface area contributed by atoms with Crippen molar-refractivity contribution in [1.82, 2.24) is 25.2 Å². The minimum atomic E-state index is -0.613. The molecule has 0 saturated carbocycles. The summed E-state index contributed by atoms with van der Waals surface area (Å²) in [4.78, 5) is 34.7. The van der Waals surface area contributed by atoms with E-state index in [-0.39, 0.29) is 36.9 Å². The molecule has 1 amide bonds. The summed E-state index contributed by atoms with van der Waals surface area (Å²) in [7, 11) is 0. The largest absolute Gasteiger partial charge is 0.466 e. The molecule has 0 spiro atoms. The van der Waals surface area contributed by atoms with E-state index in [2.05, 4.69) is 15.6 Å². The molecule has 3 aromatic rings. The van der Waals surface area contributed by atoms with Crippen molar-refractivity contribution in [2.45, 2.75) is 19.2 Å². The fourth-order valence-electron chi connectivity index (χ4n) is 3.91. The smallest absolute Gasteiger partial charge is 0.255 e. The second kappa shape index (κ2) is 9.65. The number of nitrogens with zero attached hydrogens (tertiary/aromatic N) is 3. The van der Waals surface area contributed by atoms with Gasteiger partial charge in [-0.25, -0.2) is 9.37 Å². The van der Waals surface area contributed by atoms with Gasteiger partial charge in [-0.05, 0) is 24.3 Å². The quantitative estimate of drug-likeness (QED) is 0.597. The zero-order valence-corrected chi connectivity index (χ0v) is 18.2. The molecule has 0 bridgehead atoms. The minimum Gasteiger partial charge on any atom is -0.466 e. The van der Waals surface area contributed by atoms with Crippen LogP contribution in [0.25, 0.3) is 11.3 Å². The molecule has 2 aliphatic rings. The Labute approximate surface area is 194 Å². The second-order valence-electron chi connectivity index (χ2n) is 7.51. The van der Waals surface area contributed by atoms with Crippen molar-refractivity contribution < 1.29 is 18.7 Å². The third-order valence-corrected chi connectivity index (χ3v) is 5.41. The van der Waals surface area contributed by atoms with Crippen LogP contribution in [0.1, 0.15) is 27.8 Å². The fraction of sp³-hybridized carbons (Fsp3) is 0.273. The summed E-state index contributed by atoms with van der Waals surface area (Å²) >= 11 is 0. The summed E-state index contributed by atoms with van der Waals surface area (Å²) in [6, 6.07) is 6.81. The van der Waals surface area contributed by atoms with E-state index < -0.39 is 17.8 Å². The van der Waals surface area contributed by atoms with E-state index >= 15 is 0 Å². The number of nitrogens with one attached hydrogen (secondary N) is 2. The van der Waals surface area contributed by atoms with E-state index in [1.165, 1.54) is 12.1 Å². The number of carbonyl (C=O) groups is 1. The fourth-order valence-corrected chi connectivity index (χ4v) is 3.91.